The van der Waals surface area contributed by atoms with Gasteiger partial charge in [-0.15, -0.1) is 0 Å². The van der Waals surface area contributed by atoms with Crippen molar-refractivity contribution < 1.29 is 14.3 Å². The van der Waals surface area contributed by atoms with E-state index in [4.69, 9.17) is 9.47 Å². The number of fused-ring (bicyclic) bond motifs is 1. The average Bonchev–Trinajstić information content (AvgIpc) is 3.41. The molecule has 0 bridgehead atoms. The first-order valence-corrected chi connectivity index (χ1v) is 10.7. The van der Waals surface area contributed by atoms with Crippen LogP contribution in [0.1, 0.15) is 43.2 Å². The molecular formula is C22H34N4O3. The molecule has 0 aromatic heterocycles. The molecule has 1 fully saturated rings. The summed E-state index contributed by atoms with van der Waals surface area (Å²) in [5, 5.41) is 6.56. The van der Waals surface area contributed by atoms with Crippen LogP contribution in [0, 0.1) is 0 Å². The number of carbonyl (C=O) groups excluding carboxylic acids is 1. The Hall–Kier alpha value is -2.12. The molecule has 1 aromatic carbocycles. The van der Waals surface area contributed by atoms with E-state index in [-0.39, 0.29) is 12.0 Å². The summed E-state index contributed by atoms with van der Waals surface area (Å²) in [7, 11) is 1.76. The number of ether oxygens (including phenoxy) is 2. The molecule has 2 aliphatic heterocycles. The van der Waals surface area contributed by atoms with E-state index in [1.165, 1.54) is 11.1 Å². The highest BCUT2D eigenvalue weighted by atomic mass is 16.5. The van der Waals surface area contributed by atoms with Gasteiger partial charge in [-0.05, 0) is 36.8 Å². The van der Waals surface area contributed by atoms with Gasteiger partial charge in [-0.3, -0.25) is 9.79 Å². The summed E-state index contributed by atoms with van der Waals surface area (Å²) < 4.78 is 11.2. The van der Waals surface area contributed by atoms with Crippen molar-refractivity contribution in [1.82, 2.24) is 15.5 Å². The minimum absolute atomic E-state index is 0.217. The summed E-state index contributed by atoms with van der Waals surface area (Å²) in [5.74, 6) is 0.986. The van der Waals surface area contributed by atoms with Crippen LogP contribution in [0.5, 0.6) is 0 Å². The molecule has 160 valence electrons. The van der Waals surface area contributed by atoms with Crippen molar-refractivity contribution in [1.29, 1.82) is 0 Å². The van der Waals surface area contributed by atoms with Crippen molar-refractivity contribution in [3.05, 3.63) is 35.4 Å². The Balaban J connectivity index is 1.20. The predicted octanol–water partition coefficient (Wildman–Crippen LogP) is 2.06. The molecule has 2 aliphatic rings. The fourth-order valence-electron chi connectivity index (χ4n) is 3.71. The molecule has 1 amide bonds. The maximum absolute atomic E-state index is 12.4. The SMILES string of the molecule is CN=C(NCCCOCC1CCCO1)NCCCC(=O)N1Cc2ccccc2C1. The first-order chi connectivity index (χ1) is 14.3. The van der Waals surface area contributed by atoms with Crippen LogP contribution in [0.2, 0.25) is 0 Å². The molecule has 7 nitrogen and oxygen atoms in total. The molecular weight excluding hydrogens is 368 g/mol. The van der Waals surface area contributed by atoms with E-state index in [0.29, 0.717) is 13.0 Å². The van der Waals surface area contributed by atoms with E-state index in [1.807, 2.05) is 17.0 Å². The second-order valence-corrected chi connectivity index (χ2v) is 7.61. The summed E-state index contributed by atoms with van der Waals surface area (Å²) >= 11 is 0. The molecule has 0 aliphatic carbocycles. The molecule has 0 radical (unpaired) electrons. The van der Waals surface area contributed by atoms with E-state index in [1.54, 1.807) is 7.05 Å². The van der Waals surface area contributed by atoms with E-state index in [0.717, 1.165) is 71.0 Å². The number of hydrogen-bond donors (Lipinski definition) is 2. The van der Waals surface area contributed by atoms with E-state index in [9.17, 15) is 4.79 Å². The van der Waals surface area contributed by atoms with Crippen LogP contribution in [-0.4, -0.2) is 62.8 Å². The first kappa shape index (κ1) is 21.6. The third-order valence-corrected chi connectivity index (χ3v) is 5.36. The highest BCUT2D eigenvalue weighted by Crippen LogP contribution is 2.22. The number of carbonyl (C=O) groups is 1. The summed E-state index contributed by atoms with van der Waals surface area (Å²) in [5.41, 5.74) is 2.53. The van der Waals surface area contributed by atoms with Crippen LogP contribution in [0.25, 0.3) is 0 Å². The van der Waals surface area contributed by atoms with Gasteiger partial charge in [-0.2, -0.15) is 0 Å². The van der Waals surface area contributed by atoms with E-state index >= 15 is 0 Å². The van der Waals surface area contributed by atoms with Crippen molar-refractivity contribution in [2.24, 2.45) is 4.99 Å². The van der Waals surface area contributed by atoms with Gasteiger partial charge in [-0.1, -0.05) is 24.3 Å². The third kappa shape index (κ3) is 7.01. The zero-order chi connectivity index (χ0) is 20.3. The maximum atomic E-state index is 12.4. The lowest BCUT2D eigenvalue weighted by Gasteiger charge is -2.16. The number of aliphatic imine (C=N–C) groups is 1. The largest absolute Gasteiger partial charge is 0.379 e. The van der Waals surface area contributed by atoms with Crippen LogP contribution in [-0.2, 0) is 27.4 Å². The zero-order valence-electron chi connectivity index (χ0n) is 17.5. The Morgan fingerprint density at radius 3 is 2.59 bits per heavy atom. The van der Waals surface area contributed by atoms with Crippen molar-refractivity contribution in [2.75, 3.05) is 40.0 Å². The van der Waals surface area contributed by atoms with Crippen LogP contribution >= 0.6 is 0 Å². The van der Waals surface area contributed by atoms with Gasteiger partial charge in [0.25, 0.3) is 0 Å². The lowest BCUT2D eigenvalue weighted by Crippen LogP contribution is -2.38. The molecule has 0 spiro atoms. The Morgan fingerprint density at radius 1 is 1.21 bits per heavy atom. The molecule has 2 N–H and O–H groups in total. The summed E-state index contributed by atoms with van der Waals surface area (Å²) in [6.07, 6.45) is 4.80. The Bertz CT molecular complexity index is 649. The smallest absolute Gasteiger partial charge is 0.223 e. The second kappa shape index (κ2) is 11.8. The number of rotatable bonds is 10. The molecule has 1 saturated heterocycles. The summed E-state index contributed by atoms with van der Waals surface area (Å²) in [6.45, 7) is 5.29. The minimum atomic E-state index is 0.217. The van der Waals surface area contributed by atoms with E-state index in [2.05, 4.69) is 27.8 Å². The summed E-state index contributed by atoms with van der Waals surface area (Å²) in [4.78, 5) is 18.6. The van der Waals surface area contributed by atoms with Crippen molar-refractivity contribution in [3.8, 4) is 0 Å². The quantitative estimate of drug-likeness (QED) is 0.356. The molecule has 1 aromatic rings. The molecule has 1 unspecified atom stereocenters. The molecule has 1 atom stereocenters. The lowest BCUT2D eigenvalue weighted by atomic mass is 10.1. The summed E-state index contributed by atoms with van der Waals surface area (Å²) in [6, 6.07) is 8.28. The van der Waals surface area contributed by atoms with Crippen molar-refractivity contribution in [3.63, 3.8) is 0 Å². The number of hydrogen-bond acceptors (Lipinski definition) is 4. The van der Waals surface area contributed by atoms with Crippen LogP contribution < -0.4 is 10.6 Å². The molecule has 3 rings (SSSR count). The van der Waals surface area contributed by atoms with E-state index < -0.39 is 0 Å². The standard InChI is InChI=1S/C22H34N4O3/c1-23-22(25-12-6-13-28-17-20-9-5-14-29-20)24-11-4-10-21(27)26-15-18-7-2-3-8-19(18)16-26/h2-3,7-8,20H,4-6,9-17H2,1H3,(H2,23,24,25). The lowest BCUT2D eigenvalue weighted by molar-refractivity contribution is -0.131. The predicted molar refractivity (Wildman–Crippen MR) is 114 cm³/mol. The van der Waals surface area contributed by atoms with Gasteiger partial charge in [-0.25, -0.2) is 0 Å². The van der Waals surface area contributed by atoms with Gasteiger partial charge in [0, 0.05) is 52.9 Å². The first-order valence-electron chi connectivity index (χ1n) is 10.7. The molecule has 0 saturated carbocycles. The number of amides is 1. The Kier molecular flexibility index (Phi) is 8.77. The minimum Gasteiger partial charge on any atom is -0.379 e. The van der Waals surface area contributed by atoms with Gasteiger partial charge < -0.3 is 25.0 Å². The molecule has 29 heavy (non-hydrogen) atoms. The van der Waals surface area contributed by atoms with Gasteiger partial charge in [0.15, 0.2) is 5.96 Å². The monoisotopic (exact) mass is 402 g/mol. The highest BCUT2D eigenvalue weighted by Gasteiger charge is 2.22. The van der Waals surface area contributed by atoms with Crippen LogP contribution in [0.4, 0.5) is 0 Å². The van der Waals surface area contributed by atoms with Gasteiger partial charge in [0.1, 0.15) is 0 Å². The highest BCUT2D eigenvalue weighted by molar-refractivity contribution is 5.80. The Labute approximate surface area is 173 Å². The van der Waals surface area contributed by atoms with Gasteiger partial charge in [0.2, 0.25) is 5.91 Å². The van der Waals surface area contributed by atoms with Crippen LogP contribution in [0.15, 0.2) is 29.3 Å². The fourth-order valence-corrected chi connectivity index (χ4v) is 3.71. The fraction of sp³-hybridized carbons (Fsp3) is 0.636. The Morgan fingerprint density at radius 2 is 1.93 bits per heavy atom. The van der Waals surface area contributed by atoms with Gasteiger partial charge in [0.05, 0.1) is 12.7 Å². The van der Waals surface area contributed by atoms with Crippen LogP contribution in [0.3, 0.4) is 0 Å². The number of guanidine groups is 1. The molecule has 7 heteroatoms. The van der Waals surface area contributed by atoms with Crippen molar-refractivity contribution in [2.45, 2.75) is 51.3 Å². The number of nitrogens with one attached hydrogen (secondary N) is 2. The molecule has 2 heterocycles. The second-order valence-electron chi connectivity index (χ2n) is 7.61. The zero-order valence-corrected chi connectivity index (χ0v) is 17.5. The maximum Gasteiger partial charge on any atom is 0.223 e. The average molecular weight is 403 g/mol. The normalized spacial score (nSPS) is 18.7. The third-order valence-electron chi connectivity index (χ3n) is 5.36. The number of benzene rings is 1. The van der Waals surface area contributed by atoms with Gasteiger partial charge >= 0.3 is 0 Å². The topological polar surface area (TPSA) is 75.2 Å². The van der Waals surface area contributed by atoms with Crippen molar-refractivity contribution >= 4 is 11.9 Å². The number of nitrogens with zero attached hydrogens (tertiary/aromatic N) is 2.